The van der Waals surface area contributed by atoms with Crippen molar-refractivity contribution in [2.75, 3.05) is 50.9 Å². The summed E-state index contributed by atoms with van der Waals surface area (Å²) in [6, 6.07) is 7.17. The second-order valence-electron chi connectivity index (χ2n) is 6.71. The molecule has 0 unspecified atom stereocenters. The van der Waals surface area contributed by atoms with E-state index in [0.717, 1.165) is 19.5 Å². The summed E-state index contributed by atoms with van der Waals surface area (Å²) >= 11 is 6.17. The lowest BCUT2D eigenvalue weighted by Gasteiger charge is -2.22. The average molecular weight is 390 g/mol. The van der Waals surface area contributed by atoms with E-state index in [-0.39, 0.29) is 11.9 Å². The highest BCUT2D eigenvalue weighted by atomic mass is 35.5. The van der Waals surface area contributed by atoms with Crippen LogP contribution in [0.2, 0.25) is 5.02 Å². The van der Waals surface area contributed by atoms with Crippen molar-refractivity contribution in [2.24, 2.45) is 0 Å². The smallest absolute Gasteiger partial charge is 0.255 e. The summed E-state index contributed by atoms with van der Waals surface area (Å²) in [5, 5.41) is 0.487. The summed E-state index contributed by atoms with van der Waals surface area (Å²) in [4.78, 5) is 31.5. The van der Waals surface area contributed by atoms with Crippen LogP contribution in [0.1, 0.15) is 22.6 Å². The molecule has 0 radical (unpaired) electrons. The van der Waals surface area contributed by atoms with E-state index in [1.807, 2.05) is 31.1 Å². The van der Waals surface area contributed by atoms with Gasteiger partial charge in [0.1, 0.15) is 5.82 Å². The molecule has 1 fully saturated rings. The number of benzene rings is 1. The first-order valence-corrected chi connectivity index (χ1v) is 9.26. The van der Waals surface area contributed by atoms with Gasteiger partial charge < -0.3 is 15.5 Å². The molecule has 1 saturated heterocycles. The van der Waals surface area contributed by atoms with E-state index in [4.69, 9.17) is 17.3 Å². The topological polar surface area (TPSA) is 91.5 Å². The molecule has 144 valence electrons. The van der Waals surface area contributed by atoms with Crippen LogP contribution < -0.4 is 10.6 Å². The standard InChI is InChI=1S/C18H24ClN7O/c1-24(2)18-22-15(21-17(20)23-18)12-25-8-5-9-26(11-10-25)16(27)13-6-3-4-7-14(13)19/h3-4,6-7H,5,8-12H2,1-2H3,(H2,20,21,22,23). The zero-order valence-corrected chi connectivity index (χ0v) is 16.4. The predicted octanol–water partition coefficient (Wildman–Crippen LogP) is 1.52. The van der Waals surface area contributed by atoms with Crippen molar-refractivity contribution in [3.05, 3.63) is 40.7 Å². The van der Waals surface area contributed by atoms with Crippen LogP contribution in [0.4, 0.5) is 11.9 Å². The first kappa shape index (κ1) is 19.3. The van der Waals surface area contributed by atoms with Crippen LogP contribution in [0.25, 0.3) is 0 Å². The minimum atomic E-state index is -0.0262. The fraction of sp³-hybridized carbons (Fsp3) is 0.444. The molecule has 1 amide bonds. The van der Waals surface area contributed by atoms with Crippen molar-refractivity contribution >= 4 is 29.4 Å². The zero-order chi connectivity index (χ0) is 19.4. The minimum absolute atomic E-state index is 0.0262. The molecule has 0 spiro atoms. The molecule has 3 rings (SSSR count). The quantitative estimate of drug-likeness (QED) is 0.847. The average Bonchev–Trinajstić information content (AvgIpc) is 2.86. The SMILES string of the molecule is CN(C)c1nc(N)nc(CN2CCCN(C(=O)c3ccccc3Cl)CC2)n1. The van der Waals surface area contributed by atoms with E-state index in [2.05, 4.69) is 19.9 Å². The van der Waals surface area contributed by atoms with E-state index in [1.165, 1.54) is 0 Å². The molecule has 0 saturated carbocycles. The van der Waals surface area contributed by atoms with Crippen LogP contribution in [-0.4, -0.2) is 70.9 Å². The van der Waals surface area contributed by atoms with Crippen molar-refractivity contribution in [3.63, 3.8) is 0 Å². The molecule has 2 N–H and O–H groups in total. The summed E-state index contributed by atoms with van der Waals surface area (Å²) in [5.74, 6) is 1.37. The van der Waals surface area contributed by atoms with Gasteiger partial charge in [0.25, 0.3) is 5.91 Å². The van der Waals surface area contributed by atoms with E-state index in [0.29, 0.717) is 42.0 Å². The Kier molecular flexibility index (Phi) is 6.08. The fourth-order valence-corrected chi connectivity index (χ4v) is 3.25. The van der Waals surface area contributed by atoms with Crippen molar-refractivity contribution < 1.29 is 4.79 Å². The third-order valence-electron chi connectivity index (χ3n) is 4.43. The van der Waals surface area contributed by atoms with E-state index < -0.39 is 0 Å². The van der Waals surface area contributed by atoms with Crippen LogP contribution in [0.3, 0.4) is 0 Å². The number of anilines is 2. The van der Waals surface area contributed by atoms with E-state index >= 15 is 0 Å². The second kappa shape index (κ2) is 8.49. The molecular formula is C18H24ClN7O. The molecule has 8 nitrogen and oxygen atoms in total. The highest BCUT2D eigenvalue weighted by Gasteiger charge is 2.22. The molecular weight excluding hydrogens is 366 g/mol. The largest absolute Gasteiger partial charge is 0.368 e. The van der Waals surface area contributed by atoms with Crippen molar-refractivity contribution in [3.8, 4) is 0 Å². The van der Waals surface area contributed by atoms with Gasteiger partial charge in [-0.1, -0.05) is 23.7 Å². The maximum absolute atomic E-state index is 12.8. The molecule has 27 heavy (non-hydrogen) atoms. The number of nitrogens with two attached hydrogens (primary N) is 1. The Hall–Kier alpha value is -2.45. The lowest BCUT2D eigenvalue weighted by atomic mass is 10.2. The van der Waals surface area contributed by atoms with E-state index in [1.54, 1.807) is 17.0 Å². The van der Waals surface area contributed by atoms with Gasteiger partial charge in [-0.25, -0.2) is 0 Å². The predicted molar refractivity (Wildman–Crippen MR) is 106 cm³/mol. The fourth-order valence-electron chi connectivity index (χ4n) is 3.03. The third kappa shape index (κ3) is 4.84. The van der Waals surface area contributed by atoms with Gasteiger partial charge in [0, 0.05) is 40.3 Å². The number of hydrogen-bond acceptors (Lipinski definition) is 7. The number of carbonyl (C=O) groups is 1. The molecule has 1 aliphatic rings. The van der Waals surface area contributed by atoms with Crippen LogP contribution in [-0.2, 0) is 6.54 Å². The lowest BCUT2D eigenvalue weighted by Crippen LogP contribution is -2.35. The summed E-state index contributed by atoms with van der Waals surface area (Å²) in [7, 11) is 3.73. The summed E-state index contributed by atoms with van der Waals surface area (Å²) in [6.45, 7) is 3.49. The van der Waals surface area contributed by atoms with Gasteiger partial charge in [-0.15, -0.1) is 0 Å². The van der Waals surface area contributed by atoms with Gasteiger partial charge >= 0.3 is 0 Å². The molecule has 1 aliphatic heterocycles. The molecule has 1 aromatic heterocycles. The minimum Gasteiger partial charge on any atom is -0.368 e. The Morgan fingerprint density at radius 3 is 2.67 bits per heavy atom. The molecule has 2 heterocycles. The summed E-state index contributed by atoms with van der Waals surface area (Å²) in [6.07, 6.45) is 0.872. The third-order valence-corrected chi connectivity index (χ3v) is 4.76. The van der Waals surface area contributed by atoms with Gasteiger partial charge in [0.05, 0.1) is 17.1 Å². The van der Waals surface area contributed by atoms with Crippen LogP contribution in [0.5, 0.6) is 0 Å². The number of carbonyl (C=O) groups excluding carboxylic acids is 1. The highest BCUT2D eigenvalue weighted by molar-refractivity contribution is 6.33. The maximum atomic E-state index is 12.8. The summed E-state index contributed by atoms with van der Waals surface area (Å²) < 4.78 is 0. The van der Waals surface area contributed by atoms with Crippen molar-refractivity contribution in [2.45, 2.75) is 13.0 Å². The number of amides is 1. The Labute approximate surface area is 164 Å². The number of nitrogens with zero attached hydrogens (tertiary/aromatic N) is 6. The van der Waals surface area contributed by atoms with Crippen LogP contribution >= 0.6 is 11.6 Å². The molecule has 0 bridgehead atoms. The highest BCUT2D eigenvalue weighted by Crippen LogP contribution is 2.18. The number of nitrogen functional groups attached to an aromatic ring is 1. The summed E-state index contributed by atoms with van der Waals surface area (Å²) in [5.41, 5.74) is 6.35. The van der Waals surface area contributed by atoms with Crippen LogP contribution in [0.15, 0.2) is 24.3 Å². The number of aromatic nitrogens is 3. The zero-order valence-electron chi connectivity index (χ0n) is 15.6. The first-order valence-electron chi connectivity index (χ1n) is 8.88. The van der Waals surface area contributed by atoms with Crippen molar-refractivity contribution in [1.29, 1.82) is 0 Å². The number of hydrogen-bond donors (Lipinski definition) is 1. The molecule has 1 aromatic carbocycles. The molecule has 9 heteroatoms. The van der Waals surface area contributed by atoms with Gasteiger partial charge in [0.15, 0.2) is 0 Å². The molecule has 0 aliphatic carbocycles. The second-order valence-corrected chi connectivity index (χ2v) is 7.11. The molecule has 0 atom stereocenters. The first-order chi connectivity index (χ1) is 12.9. The van der Waals surface area contributed by atoms with Gasteiger partial charge in [0.2, 0.25) is 11.9 Å². The van der Waals surface area contributed by atoms with E-state index in [9.17, 15) is 4.79 Å². The monoisotopic (exact) mass is 389 g/mol. The Morgan fingerprint density at radius 2 is 1.93 bits per heavy atom. The van der Waals surface area contributed by atoms with Gasteiger partial charge in [-0.2, -0.15) is 15.0 Å². The Bertz CT molecular complexity index is 814. The van der Waals surface area contributed by atoms with Gasteiger partial charge in [-0.05, 0) is 18.6 Å². The number of rotatable bonds is 4. The Balaban J connectivity index is 1.65. The lowest BCUT2D eigenvalue weighted by molar-refractivity contribution is 0.0761. The van der Waals surface area contributed by atoms with Crippen LogP contribution in [0, 0.1) is 0 Å². The normalized spacial score (nSPS) is 15.4. The Morgan fingerprint density at radius 1 is 1.15 bits per heavy atom. The van der Waals surface area contributed by atoms with Gasteiger partial charge in [-0.3, -0.25) is 9.69 Å². The molecule has 2 aromatic rings. The number of halogens is 1. The maximum Gasteiger partial charge on any atom is 0.255 e. The van der Waals surface area contributed by atoms with Crippen molar-refractivity contribution in [1.82, 2.24) is 24.8 Å².